The number of hydrogen-bond acceptors (Lipinski definition) is 7. The van der Waals surface area contributed by atoms with Crippen molar-refractivity contribution in [2.45, 2.75) is 38.7 Å². The van der Waals surface area contributed by atoms with E-state index in [4.69, 9.17) is 4.74 Å². The molecule has 2 fully saturated rings. The zero-order chi connectivity index (χ0) is 19.3. The summed E-state index contributed by atoms with van der Waals surface area (Å²) in [5, 5.41) is 5.95. The number of nitrogens with one attached hydrogen (secondary N) is 2. The van der Waals surface area contributed by atoms with Crippen LogP contribution >= 0.6 is 0 Å². The Bertz CT molecular complexity index is 818. The molecule has 2 aromatic rings. The first-order valence-electron chi connectivity index (χ1n) is 9.86. The first-order chi connectivity index (χ1) is 13.7. The quantitative estimate of drug-likeness (QED) is 0.760. The van der Waals surface area contributed by atoms with Crippen molar-refractivity contribution in [2.24, 2.45) is 5.92 Å². The first kappa shape index (κ1) is 18.6. The minimum Gasteiger partial charge on any atom is -0.378 e. The van der Waals surface area contributed by atoms with Crippen LogP contribution in [0.5, 0.6) is 0 Å². The molecule has 1 aromatic heterocycles. The molecule has 8 nitrogen and oxygen atoms in total. The predicted molar refractivity (Wildman–Crippen MR) is 108 cm³/mol. The first-order valence-corrected chi connectivity index (χ1v) is 9.86. The molecule has 4 rings (SSSR count). The SMILES string of the molecule is CC(=O)Nc1cccc(Nc2ncnc(N3CCC(OCC4CC4)CC3)n2)c1. The molecule has 148 valence electrons. The van der Waals surface area contributed by atoms with Crippen molar-refractivity contribution in [3.05, 3.63) is 30.6 Å². The van der Waals surface area contributed by atoms with Gasteiger partial charge >= 0.3 is 0 Å². The van der Waals surface area contributed by atoms with E-state index >= 15 is 0 Å². The Balaban J connectivity index is 1.35. The molecule has 0 bridgehead atoms. The number of rotatable bonds is 7. The van der Waals surface area contributed by atoms with E-state index in [9.17, 15) is 4.79 Å². The summed E-state index contributed by atoms with van der Waals surface area (Å²) in [5.74, 6) is 1.86. The molecule has 1 saturated heterocycles. The molecular weight excluding hydrogens is 356 g/mol. The number of carbonyl (C=O) groups is 1. The maximum atomic E-state index is 11.2. The molecular formula is C20H26N6O2. The van der Waals surface area contributed by atoms with E-state index in [1.165, 1.54) is 26.1 Å². The van der Waals surface area contributed by atoms with Crippen molar-refractivity contribution in [2.75, 3.05) is 35.2 Å². The number of benzene rings is 1. The number of ether oxygens (including phenoxy) is 1. The van der Waals surface area contributed by atoms with Crippen LogP contribution in [-0.4, -0.2) is 46.7 Å². The highest BCUT2D eigenvalue weighted by molar-refractivity contribution is 5.89. The lowest BCUT2D eigenvalue weighted by Crippen LogP contribution is -2.38. The van der Waals surface area contributed by atoms with Gasteiger partial charge in [-0.25, -0.2) is 9.97 Å². The number of aromatic nitrogens is 3. The summed E-state index contributed by atoms with van der Waals surface area (Å²) in [6, 6.07) is 7.44. The largest absolute Gasteiger partial charge is 0.378 e. The van der Waals surface area contributed by atoms with Crippen LogP contribution in [0.2, 0.25) is 0 Å². The summed E-state index contributed by atoms with van der Waals surface area (Å²) in [6.45, 7) is 4.17. The lowest BCUT2D eigenvalue weighted by Gasteiger charge is -2.31. The van der Waals surface area contributed by atoms with Crippen LogP contribution in [0.4, 0.5) is 23.3 Å². The molecule has 0 spiro atoms. The van der Waals surface area contributed by atoms with Gasteiger partial charge in [0.25, 0.3) is 0 Å². The van der Waals surface area contributed by atoms with Crippen LogP contribution < -0.4 is 15.5 Å². The molecule has 1 aromatic carbocycles. The monoisotopic (exact) mass is 382 g/mol. The Kier molecular flexibility index (Phi) is 5.66. The van der Waals surface area contributed by atoms with Gasteiger partial charge in [-0.05, 0) is 49.8 Å². The van der Waals surface area contributed by atoms with Gasteiger partial charge in [0, 0.05) is 38.0 Å². The van der Waals surface area contributed by atoms with Crippen LogP contribution in [0.1, 0.15) is 32.6 Å². The summed E-state index contributed by atoms with van der Waals surface area (Å²) in [6.07, 6.45) is 6.53. The predicted octanol–water partition coefficient (Wildman–Crippen LogP) is 2.97. The molecule has 1 saturated carbocycles. The fourth-order valence-corrected chi connectivity index (χ4v) is 3.29. The molecule has 0 atom stereocenters. The van der Waals surface area contributed by atoms with Gasteiger partial charge in [0.05, 0.1) is 6.10 Å². The van der Waals surface area contributed by atoms with Gasteiger partial charge < -0.3 is 20.3 Å². The average Bonchev–Trinajstić information content (AvgIpc) is 3.51. The van der Waals surface area contributed by atoms with Crippen molar-refractivity contribution >= 4 is 29.2 Å². The fraction of sp³-hybridized carbons (Fsp3) is 0.500. The summed E-state index contributed by atoms with van der Waals surface area (Å²) < 4.78 is 6.01. The molecule has 1 amide bonds. The summed E-state index contributed by atoms with van der Waals surface area (Å²) >= 11 is 0. The van der Waals surface area contributed by atoms with Gasteiger partial charge in [0.2, 0.25) is 17.8 Å². The van der Waals surface area contributed by atoms with Gasteiger partial charge in [-0.2, -0.15) is 4.98 Å². The molecule has 28 heavy (non-hydrogen) atoms. The van der Waals surface area contributed by atoms with Crippen LogP contribution in [0.3, 0.4) is 0 Å². The highest BCUT2D eigenvalue weighted by atomic mass is 16.5. The maximum absolute atomic E-state index is 11.2. The van der Waals surface area contributed by atoms with Gasteiger partial charge in [-0.3, -0.25) is 4.79 Å². The number of hydrogen-bond donors (Lipinski definition) is 2. The molecule has 2 heterocycles. The number of carbonyl (C=O) groups excluding carboxylic acids is 1. The Morgan fingerprint density at radius 2 is 1.96 bits per heavy atom. The molecule has 0 unspecified atom stereocenters. The second kappa shape index (κ2) is 8.52. The Hall–Kier alpha value is -2.74. The van der Waals surface area contributed by atoms with Crippen molar-refractivity contribution < 1.29 is 9.53 Å². The van der Waals surface area contributed by atoms with E-state index in [0.29, 0.717) is 18.0 Å². The third-order valence-corrected chi connectivity index (χ3v) is 4.99. The minimum absolute atomic E-state index is 0.107. The zero-order valence-electron chi connectivity index (χ0n) is 16.1. The van der Waals surface area contributed by atoms with Gasteiger partial charge in [-0.1, -0.05) is 6.07 Å². The van der Waals surface area contributed by atoms with Gasteiger partial charge in [0.15, 0.2) is 0 Å². The standard InChI is InChI=1S/C20H26N6O2/c1-14(27)23-16-3-2-4-17(11-16)24-19-21-13-22-20(25-19)26-9-7-18(8-10-26)28-12-15-5-6-15/h2-4,11,13,15,18H,5-10,12H2,1H3,(H,23,27)(H,21,22,24,25). The fourth-order valence-electron chi connectivity index (χ4n) is 3.29. The summed E-state index contributed by atoms with van der Waals surface area (Å²) in [4.78, 5) is 26.5. The van der Waals surface area contributed by atoms with Crippen molar-refractivity contribution in [1.82, 2.24) is 15.0 Å². The van der Waals surface area contributed by atoms with Crippen LogP contribution in [-0.2, 0) is 9.53 Å². The highest BCUT2D eigenvalue weighted by Gasteiger charge is 2.26. The Morgan fingerprint density at radius 1 is 1.18 bits per heavy atom. The van der Waals surface area contributed by atoms with Crippen molar-refractivity contribution in [1.29, 1.82) is 0 Å². The zero-order valence-corrected chi connectivity index (χ0v) is 16.1. The van der Waals surface area contributed by atoms with Crippen molar-refractivity contribution in [3.63, 3.8) is 0 Å². The molecule has 8 heteroatoms. The molecule has 2 N–H and O–H groups in total. The Labute approximate surface area is 164 Å². The number of nitrogens with zero attached hydrogens (tertiary/aromatic N) is 4. The normalized spacial score (nSPS) is 17.4. The third-order valence-electron chi connectivity index (χ3n) is 4.99. The van der Waals surface area contributed by atoms with Crippen LogP contribution in [0.15, 0.2) is 30.6 Å². The van der Waals surface area contributed by atoms with E-state index in [1.54, 1.807) is 0 Å². The van der Waals surface area contributed by atoms with E-state index in [-0.39, 0.29) is 5.91 Å². The van der Waals surface area contributed by atoms with Crippen molar-refractivity contribution in [3.8, 4) is 0 Å². The van der Waals surface area contributed by atoms with Gasteiger partial charge in [-0.15, -0.1) is 0 Å². The average molecular weight is 382 g/mol. The van der Waals surface area contributed by atoms with Crippen LogP contribution in [0.25, 0.3) is 0 Å². The molecule has 1 aliphatic heterocycles. The van der Waals surface area contributed by atoms with E-state index < -0.39 is 0 Å². The van der Waals surface area contributed by atoms with Crippen LogP contribution in [0, 0.1) is 5.92 Å². The number of piperidine rings is 1. The molecule has 0 radical (unpaired) electrons. The lowest BCUT2D eigenvalue weighted by atomic mass is 10.1. The Morgan fingerprint density at radius 3 is 2.71 bits per heavy atom. The third kappa shape index (κ3) is 5.16. The molecule has 2 aliphatic rings. The summed E-state index contributed by atoms with van der Waals surface area (Å²) in [5.41, 5.74) is 1.52. The smallest absolute Gasteiger partial charge is 0.231 e. The molecule has 1 aliphatic carbocycles. The second-order valence-corrected chi connectivity index (χ2v) is 7.46. The minimum atomic E-state index is -0.107. The second-order valence-electron chi connectivity index (χ2n) is 7.46. The van der Waals surface area contributed by atoms with E-state index in [1.807, 2.05) is 24.3 Å². The maximum Gasteiger partial charge on any atom is 0.231 e. The van der Waals surface area contributed by atoms with E-state index in [2.05, 4.69) is 30.5 Å². The highest BCUT2D eigenvalue weighted by Crippen LogP contribution is 2.30. The lowest BCUT2D eigenvalue weighted by molar-refractivity contribution is -0.114. The number of amides is 1. The topological polar surface area (TPSA) is 92.3 Å². The summed E-state index contributed by atoms with van der Waals surface area (Å²) in [7, 11) is 0. The van der Waals surface area contributed by atoms with Gasteiger partial charge in [0.1, 0.15) is 6.33 Å². The number of anilines is 4. The van der Waals surface area contributed by atoms with E-state index in [0.717, 1.165) is 49.8 Å².